The van der Waals surface area contributed by atoms with Crippen LogP contribution in [-0.2, 0) is 4.79 Å². The van der Waals surface area contributed by atoms with Gasteiger partial charge in [0.25, 0.3) is 18.2 Å². The summed E-state index contributed by atoms with van der Waals surface area (Å²) in [5.41, 5.74) is 8.72. The second kappa shape index (κ2) is 12.0. The summed E-state index contributed by atoms with van der Waals surface area (Å²) in [7, 11) is 0. The fraction of sp³-hybridized carbons (Fsp3) is 0.143. The Morgan fingerprint density at radius 3 is 1.87 bits per heavy atom. The zero-order valence-corrected chi connectivity index (χ0v) is 15.8. The minimum Gasteiger partial charge on any atom is -0.399 e. The smallest absolute Gasteiger partial charge is 0.268 e. The molecular formula is C21H21F2N3O4. The molecule has 0 aliphatic rings. The quantitative estimate of drug-likeness (QED) is 0.167. The zero-order valence-electron chi connectivity index (χ0n) is 15.8. The van der Waals surface area contributed by atoms with Crippen LogP contribution in [0.4, 0.5) is 14.5 Å². The number of halogens is 2. The van der Waals surface area contributed by atoms with E-state index in [1.165, 1.54) is 24.3 Å². The molecular weight excluding hydrogens is 396 g/mol. The number of anilines is 1. The third kappa shape index (κ3) is 7.01. The van der Waals surface area contributed by atoms with Gasteiger partial charge >= 0.3 is 0 Å². The number of carbonyl (C=O) groups is 2. The number of amides is 2. The molecule has 158 valence electrons. The summed E-state index contributed by atoms with van der Waals surface area (Å²) >= 11 is 0. The van der Waals surface area contributed by atoms with E-state index >= 15 is 0 Å². The van der Waals surface area contributed by atoms with Crippen molar-refractivity contribution in [3.8, 4) is 11.8 Å². The van der Waals surface area contributed by atoms with Gasteiger partial charge in [0.05, 0.1) is 0 Å². The van der Waals surface area contributed by atoms with Crippen LogP contribution < -0.4 is 16.5 Å². The molecule has 0 bridgehead atoms. The van der Waals surface area contributed by atoms with Crippen molar-refractivity contribution in [1.29, 1.82) is 0 Å². The largest absolute Gasteiger partial charge is 0.399 e. The number of aliphatic hydroxyl groups excluding tert-OH is 1. The predicted octanol–water partition coefficient (Wildman–Crippen LogP) is 1.70. The molecule has 0 spiro atoms. The minimum atomic E-state index is -3.30. The lowest BCUT2D eigenvalue weighted by Gasteiger charge is -2.21. The molecule has 2 aromatic carbocycles. The van der Waals surface area contributed by atoms with Crippen LogP contribution in [0.1, 0.15) is 21.5 Å². The summed E-state index contributed by atoms with van der Waals surface area (Å²) in [4.78, 5) is 23.6. The highest BCUT2D eigenvalue weighted by molar-refractivity contribution is 5.97. The Labute approximate surface area is 172 Å². The standard InChI is InChI=1S/C19H17F2N3O4.C2H4/c20-17(21)16(25)15(19(27)24-28)23-18(26)13-7-3-11(4-8-13)1-2-12-5-9-14(22)10-6-12;1-2/h3-10,15-17,25,28H,22H2,(H,23,26)(H,24,27);1-2H2. The monoisotopic (exact) mass is 417 g/mol. The summed E-state index contributed by atoms with van der Waals surface area (Å²) in [6.45, 7) is 6.00. The number of nitrogens with two attached hydrogens (primary N) is 1. The van der Waals surface area contributed by atoms with E-state index in [9.17, 15) is 23.5 Å². The van der Waals surface area contributed by atoms with E-state index in [1.807, 2.05) is 5.32 Å². The molecule has 0 heterocycles. The summed E-state index contributed by atoms with van der Waals surface area (Å²) in [5, 5.41) is 19.9. The first-order chi connectivity index (χ1) is 14.3. The maximum absolute atomic E-state index is 12.6. The van der Waals surface area contributed by atoms with Gasteiger partial charge in [-0.1, -0.05) is 11.8 Å². The molecule has 0 aliphatic heterocycles. The first-order valence-corrected chi connectivity index (χ1v) is 8.50. The van der Waals surface area contributed by atoms with Crippen molar-refractivity contribution in [2.75, 3.05) is 5.73 Å². The third-order valence-electron chi connectivity index (χ3n) is 3.69. The Morgan fingerprint density at radius 1 is 0.967 bits per heavy atom. The molecule has 2 atom stereocenters. The van der Waals surface area contributed by atoms with Gasteiger partial charge in [-0.05, 0) is 48.5 Å². The van der Waals surface area contributed by atoms with Crippen LogP contribution in [0.25, 0.3) is 0 Å². The van der Waals surface area contributed by atoms with Gasteiger partial charge in [-0.3, -0.25) is 14.8 Å². The van der Waals surface area contributed by atoms with Gasteiger partial charge in [0, 0.05) is 22.4 Å². The van der Waals surface area contributed by atoms with E-state index in [-0.39, 0.29) is 5.56 Å². The zero-order chi connectivity index (χ0) is 22.7. The number of carbonyl (C=O) groups excluding carboxylic acids is 2. The van der Waals surface area contributed by atoms with Crippen LogP contribution in [0, 0.1) is 11.8 Å². The van der Waals surface area contributed by atoms with Gasteiger partial charge in [0.2, 0.25) is 0 Å². The lowest BCUT2D eigenvalue weighted by Crippen LogP contribution is -2.54. The number of benzene rings is 2. The molecule has 0 radical (unpaired) electrons. The lowest BCUT2D eigenvalue weighted by atomic mass is 10.1. The van der Waals surface area contributed by atoms with Gasteiger partial charge in [-0.2, -0.15) is 0 Å². The fourth-order valence-electron chi connectivity index (χ4n) is 2.16. The van der Waals surface area contributed by atoms with Gasteiger partial charge in [-0.15, -0.1) is 13.2 Å². The number of alkyl halides is 2. The number of hydroxylamine groups is 1. The summed E-state index contributed by atoms with van der Waals surface area (Å²) in [6.07, 6.45) is -5.78. The van der Waals surface area contributed by atoms with E-state index in [2.05, 4.69) is 25.0 Å². The van der Waals surface area contributed by atoms with E-state index < -0.39 is 30.4 Å². The average molecular weight is 417 g/mol. The van der Waals surface area contributed by atoms with Crippen molar-refractivity contribution >= 4 is 17.5 Å². The molecule has 2 unspecified atom stereocenters. The molecule has 0 aromatic heterocycles. The van der Waals surface area contributed by atoms with Gasteiger partial charge in [0.1, 0.15) is 12.1 Å². The molecule has 6 N–H and O–H groups in total. The Bertz CT molecular complexity index is 907. The number of nitrogen functional groups attached to an aromatic ring is 1. The topological polar surface area (TPSA) is 125 Å². The molecule has 2 amide bonds. The minimum absolute atomic E-state index is 0.0511. The average Bonchev–Trinajstić information content (AvgIpc) is 2.77. The Morgan fingerprint density at radius 2 is 1.43 bits per heavy atom. The molecule has 0 fully saturated rings. The maximum atomic E-state index is 12.6. The van der Waals surface area contributed by atoms with E-state index in [0.29, 0.717) is 11.3 Å². The highest BCUT2D eigenvalue weighted by Crippen LogP contribution is 2.09. The van der Waals surface area contributed by atoms with E-state index in [1.54, 1.807) is 24.3 Å². The first-order valence-electron chi connectivity index (χ1n) is 8.50. The van der Waals surface area contributed by atoms with Crippen molar-refractivity contribution in [3.63, 3.8) is 0 Å². The molecule has 0 saturated heterocycles. The van der Waals surface area contributed by atoms with Gasteiger partial charge in [-0.25, -0.2) is 14.3 Å². The van der Waals surface area contributed by atoms with Crippen LogP contribution in [0.5, 0.6) is 0 Å². The lowest BCUT2D eigenvalue weighted by molar-refractivity contribution is -0.137. The third-order valence-corrected chi connectivity index (χ3v) is 3.69. The van der Waals surface area contributed by atoms with E-state index in [0.717, 1.165) is 11.0 Å². The Hall–Kier alpha value is -3.74. The molecule has 9 heteroatoms. The van der Waals surface area contributed by atoms with Crippen LogP contribution >= 0.6 is 0 Å². The van der Waals surface area contributed by atoms with Gasteiger partial charge in [0.15, 0.2) is 0 Å². The van der Waals surface area contributed by atoms with Crippen molar-refractivity contribution in [3.05, 3.63) is 78.4 Å². The predicted molar refractivity (Wildman–Crippen MR) is 108 cm³/mol. The summed E-state index contributed by atoms with van der Waals surface area (Å²) in [6, 6.07) is 10.7. The fourth-order valence-corrected chi connectivity index (χ4v) is 2.16. The highest BCUT2D eigenvalue weighted by atomic mass is 19.3. The Kier molecular flexibility index (Phi) is 9.69. The number of hydrogen-bond donors (Lipinski definition) is 5. The normalized spacial score (nSPS) is 11.8. The molecule has 7 nitrogen and oxygen atoms in total. The molecule has 0 saturated carbocycles. The van der Waals surface area contributed by atoms with Crippen molar-refractivity contribution < 1.29 is 28.7 Å². The maximum Gasteiger partial charge on any atom is 0.268 e. The van der Waals surface area contributed by atoms with E-state index in [4.69, 9.17) is 10.9 Å². The van der Waals surface area contributed by atoms with Crippen molar-refractivity contribution in [2.24, 2.45) is 0 Å². The highest BCUT2D eigenvalue weighted by Gasteiger charge is 2.34. The van der Waals surface area contributed by atoms with Crippen LogP contribution in [0.15, 0.2) is 61.7 Å². The SMILES string of the molecule is C=C.Nc1ccc(C#Cc2ccc(C(=O)NC(C(=O)NO)C(O)C(F)F)cc2)cc1. The first kappa shape index (κ1) is 24.3. The van der Waals surface area contributed by atoms with Crippen LogP contribution in [0.3, 0.4) is 0 Å². The van der Waals surface area contributed by atoms with Gasteiger partial charge < -0.3 is 16.2 Å². The van der Waals surface area contributed by atoms with Crippen LogP contribution in [-0.4, -0.2) is 40.7 Å². The summed E-state index contributed by atoms with van der Waals surface area (Å²) in [5.74, 6) is 3.55. The molecule has 2 aromatic rings. The van der Waals surface area contributed by atoms with Crippen molar-refractivity contribution in [2.45, 2.75) is 18.6 Å². The molecule has 30 heavy (non-hydrogen) atoms. The summed E-state index contributed by atoms with van der Waals surface area (Å²) < 4.78 is 25.3. The number of rotatable bonds is 5. The second-order valence-electron chi connectivity index (χ2n) is 5.70. The second-order valence-corrected chi connectivity index (χ2v) is 5.70. The number of hydrogen-bond acceptors (Lipinski definition) is 5. The molecule has 0 aliphatic carbocycles. The number of nitrogens with one attached hydrogen (secondary N) is 2. The number of aliphatic hydroxyl groups is 1. The van der Waals surface area contributed by atoms with Crippen molar-refractivity contribution in [1.82, 2.24) is 10.8 Å². The Balaban J connectivity index is 0.00000218. The van der Waals surface area contributed by atoms with Crippen LogP contribution in [0.2, 0.25) is 0 Å². The molecule has 2 rings (SSSR count).